The lowest BCUT2D eigenvalue weighted by Crippen LogP contribution is -2.47. The van der Waals surface area contributed by atoms with Gasteiger partial charge in [-0.25, -0.2) is 4.99 Å². The number of aliphatic imine (C=N–C) groups is 1. The number of ether oxygens (including phenoxy) is 2. The van der Waals surface area contributed by atoms with Crippen LogP contribution in [0.25, 0.3) is 0 Å². The van der Waals surface area contributed by atoms with Crippen molar-refractivity contribution >= 4 is 11.9 Å². The molecule has 1 atom stereocenters. The third-order valence-electron chi connectivity index (χ3n) is 5.68. The molecule has 9 heteroatoms. The number of nitrogens with two attached hydrogens (primary N) is 1. The van der Waals surface area contributed by atoms with Crippen LogP contribution in [-0.4, -0.2) is 43.1 Å². The summed E-state index contributed by atoms with van der Waals surface area (Å²) in [7, 11) is 2.69. The molecule has 0 saturated heterocycles. The minimum Gasteiger partial charge on any atom is -0.492 e. The Hall–Kier alpha value is -2.45. The normalized spacial score (nSPS) is 23.3. The van der Waals surface area contributed by atoms with Gasteiger partial charge >= 0.3 is 6.18 Å². The molecule has 0 radical (unpaired) electrons. The van der Waals surface area contributed by atoms with Gasteiger partial charge in [0, 0.05) is 7.05 Å². The van der Waals surface area contributed by atoms with Crippen molar-refractivity contribution in [3.63, 3.8) is 0 Å². The number of alkyl halides is 3. The van der Waals surface area contributed by atoms with Gasteiger partial charge in [-0.2, -0.15) is 13.2 Å². The summed E-state index contributed by atoms with van der Waals surface area (Å²) in [6, 6.07) is 3.56. The molecule has 1 aliphatic heterocycles. The lowest BCUT2D eigenvalue weighted by Gasteiger charge is -2.31. The third-order valence-corrected chi connectivity index (χ3v) is 5.68. The molecule has 1 unspecified atom stereocenters. The van der Waals surface area contributed by atoms with E-state index in [2.05, 4.69) is 4.99 Å². The van der Waals surface area contributed by atoms with Gasteiger partial charge < -0.3 is 15.2 Å². The van der Waals surface area contributed by atoms with E-state index < -0.39 is 23.0 Å². The number of rotatable bonds is 6. The van der Waals surface area contributed by atoms with Gasteiger partial charge in [-0.3, -0.25) is 9.69 Å². The van der Waals surface area contributed by atoms with Crippen molar-refractivity contribution in [1.29, 1.82) is 0 Å². The number of methoxy groups -OCH3 is 1. The Morgan fingerprint density at radius 2 is 1.97 bits per heavy atom. The monoisotopic (exact) mass is 413 g/mol. The molecular formula is C20H26F3N3O3. The molecule has 1 amide bonds. The summed E-state index contributed by atoms with van der Waals surface area (Å²) in [5.74, 6) is -0.412. The van der Waals surface area contributed by atoms with Crippen LogP contribution in [0.5, 0.6) is 11.5 Å². The maximum Gasteiger partial charge on any atom is 0.420 e. The Kier molecular flexibility index (Phi) is 5.95. The van der Waals surface area contributed by atoms with E-state index in [1.165, 1.54) is 30.5 Å². The summed E-state index contributed by atoms with van der Waals surface area (Å²) in [5.41, 5.74) is 3.71. The third kappa shape index (κ3) is 4.28. The van der Waals surface area contributed by atoms with E-state index in [9.17, 15) is 18.0 Å². The molecular weight excluding hydrogens is 387 g/mol. The second kappa shape index (κ2) is 8.12. The fourth-order valence-electron chi connectivity index (χ4n) is 4.17. The van der Waals surface area contributed by atoms with E-state index in [-0.39, 0.29) is 24.2 Å². The fraction of sp³-hybridized carbons (Fsp3) is 0.600. The molecule has 2 aliphatic rings. The van der Waals surface area contributed by atoms with Gasteiger partial charge in [0.2, 0.25) is 0 Å². The molecule has 3 rings (SSSR count). The van der Waals surface area contributed by atoms with E-state index >= 15 is 0 Å². The summed E-state index contributed by atoms with van der Waals surface area (Å²) >= 11 is 0. The number of nitrogens with zero attached hydrogens (tertiary/aromatic N) is 2. The number of hydrogen-bond acceptors (Lipinski definition) is 5. The molecule has 29 heavy (non-hydrogen) atoms. The van der Waals surface area contributed by atoms with Crippen molar-refractivity contribution in [1.82, 2.24) is 4.90 Å². The molecule has 2 N–H and O–H groups in total. The SMILES string of the molecule is COc1c(OCC2(CC3CCCCC3)N=C(N)N(C)C2=O)cccc1C(F)(F)F. The number of halogens is 3. The second-order valence-corrected chi connectivity index (χ2v) is 7.70. The molecule has 0 aromatic heterocycles. The minimum absolute atomic E-state index is 0.0820. The van der Waals surface area contributed by atoms with Gasteiger partial charge in [0.05, 0.1) is 7.11 Å². The first-order chi connectivity index (χ1) is 13.7. The summed E-state index contributed by atoms with van der Waals surface area (Å²) in [6.07, 6.45) is 1.19. The maximum absolute atomic E-state index is 13.3. The van der Waals surface area contributed by atoms with Crippen molar-refractivity contribution in [2.45, 2.75) is 50.2 Å². The first kappa shape index (κ1) is 21.3. The van der Waals surface area contributed by atoms with Gasteiger partial charge in [-0.1, -0.05) is 38.2 Å². The summed E-state index contributed by atoms with van der Waals surface area (Å²) in [5, 5.41) is 0. The number of benzene rings is 1. The van der Waals surface area contributed by atoms with Gasteiger partial charge in [-0.05, 0) is 24.5 Å². The number of carbonyl (C=O) groups excluding carboxylic acids is 1. The average Bonchev–Trinajstić information content (AvgIpc) is 2.90. The van der Waals surface area contributed by atoms with Gasteiger partial charge in [0.1, 0.15) is 12.2 Å². The molecule has 1 aliphatic carbocycles. The summed E-state index contributed by atoms with van der Waals surface area (Å²) in [6.45, 7) is -0.203. The number of hydrogen-bond donors (Lipinski definition) is 1. The van der Waals surface area contributed by atoms with Gasteiger partial charge in [0.25, 0.3) is 5.91 Å². The smallest absolute Gasteiger partial charge is 0.420 e. The Labute approximate surface area is 167 Å². The first-order valence-electron chi connectivity index (χ1n) is 9.68. The summed E-state index contributed by atoms with van der Waals surface area (Å²) < 4.78 is 50.5. The van der Waals surface area contributed by atoms with Crippen LogP contribution in [0, 0.1) is 5.92 Å². The lowest BCUT2D eigenvalue weighted by atomic mass is 9.79. The van der Waals surface area contributed by atoms with Crippen molar-refractivity contribution in [3.8, 4) is 11.5 Å². The predicted molar refractivity (Wildman–Crippen MR) is 102 cm³/mol. The molecule has 0 bridgehead atoms. The van der Waals surface area contributed by atoms with Crippen LogP contribution >= 0.6 is 0 Å². The zero-order valence-electron chi connectivity index (χ0n) is 16.6. The highest BCUT2D eigenvalue weighted by atomic mass is 19.4. The van der Waals surface area contributed by atoms with Crippen LogP contribution in [0.2, 0.25) is 0 Å². The number of guanidine groups is 1. The van der Waals surface area contributed by atoms with E-state index in [0.29, 0.717) is 12.3 Å². The Bertz CT molecular complexity index is 791. The quantitative estimate of drug-likeness (QED) is 0.773. The number of amides is 1. The van der Waals surface area contributed by atoms with Gasteiger partial charge in [-0.15, -0.1) is 0 Å². The highest BCUT2D eigenvalue weighted by Gasteiger charge is 2.49. The highest BCUT2D eigenvalue weighted by Crippen LogP contribution is 2.42. The standard InChI is InChI=1S/C20H26F3N3O3/c1-26-17(27)19(25-18(26)24,11-13-7-4-3-5-8-13)12-29-15-10-6-9-14(16(15)28-2)20(21,22)23/h6,9-10,13H,3-5,7-8,11-12H2,1-2H3,(H2,24,25). The van der Waals surface area contributed by atoms with Crippen LogP contribution in [-0.2, 0) is 11.0 Å². The number of likely N-dealkylation sites (N-methyl/N-ethyl adjacent to an activating group) is 1. The zero-order chi connectivity index (χ0) is 21.2. The number of para-hydroxylation sites is 1. The largest absolute Gasteiger partial charge is 0.492 e. The lowest BCUT2D eigenvalue weighted by molar-refractivity contribution is -0.139. The van der Waals surface area contributed by atoms with Crippen LogP contribution < -0.4 is 15.2 Å². The van der Waals surface area contributed by atoms with E-state index in [1.54, 1.807) is 0 Å². The molecule has 1 saturated carbocycles. The second-order valence-electron chi connectivity index (χ2n) is 7.70. The predicted octanol–water partition coefficient (Wildman–Crippen LogP) is 3.59. The molecule has 0 spiro atoms. The highest BCUT2D eigenvalue weighted by molar-refractivity contribution is 6.06. The molecule has 1 fully saturated rings. The number of carbonyl (C=O) groups is 1. The van der Waals surface area contributed by atoms with Crippen LogP contribution in [0.4, 0.5) is 13.2 Å². The van der Waals surface area contributed by atoms with E-state index in [4.69, 9.17) is 15.2 Å². The van der Waals surface area contributed by atoms with Crippen molar-refractivity contribution < 1.29 is 27.4 Å². The topological polar surface area (TPSA) is 77.2 Å². The van der Waals surface area contributed by atoms with Crippen molar-refractivity contribution in [3.05, 3.63) is 23.8 Å². The maximum atomic E-state index is 13.3. The Morgan fingerprint density at radius 3 is 2.52 bits per heavy atom. The van der Waals surface area contributed by atoms with Crippen LogP contribution in [0.1, 0.15) is 44.1 Å². The fourth-order valence-corrected chi connectivity index (χ4v) is 4.17. The minimum atomic E-state index is -4.59. The molecule has 1 aromatic carbocycles. The first-order valence-corrected chi connectivity index (χ1v) is 9.68. The van der Waals surface area contributed by atoms with Crippen molar-refractivity contribution in [2.24, 2.45) is 16.6 Å². The Balaban J connectivity index is 1.87. The zero-order valence-corrected chi connectivity index (χ0v) is 16.6. The summed E-state index contributed by atoms with van der Waals surface area (Å²) in [4.78, 5) is 18.6. The van der Waals surface area contributed by atoms with E-state index in [0.717, 1.165) is 38.9 Å². The van der Waals surface area contributed by atoms with E-state index in [1.807, 2.05) is 0 Å². The van der Waals surface area contributed by atoms with Crippen molar-refractivity contribution in [2.75, 3.05) is 20.8 Å². The average molecular weight is 413 g/mol. The van der Waals surface area contributed by atoms with Crippen LogP contribution in [0.3, 0.4) is 0 Å². The molecule has 1 heterocycles. The molecule has 1 aromatic rings. The van der Waals surface area contributed by atoms with Gasteiger partial charge in [0.15, 0.2) is 23.0 Å². The Morgan fingerprint density at radius 1 is 1.28 bits per heavy atom. The molecule has 160 valence electrons. The molecule has 6 nitrogen and oxygen atoms in total. The van der Waals surface area contributed by atoms with Crippen LogP contribution in [0.15, 0.2) is 23.2 Å².